The molecule has 0 aromatic heterocycles. The second-order valence-electron chi connectivity index (χ2n) is 23.1. The van der Waals surface area contributed by atoms with E-state index in [1.54, 1.807) is 0 Å². The number of hydrogen-bond donors (Lipinski definition) is 2. The fourth-order valence-electron chi connectivity index (χ4n) is 9.80. The molecular formula is C62H125N2O6P. The summed E-state index contributed by atoms with van der Waals surface area (Å²) in [6, 6.07) is -0.801. The van der Waals surface area contributed by atoms with E-state index >= 15 is 0 Å². The molecule has 0 rings (SSSR count). The highest BCUT2D eigenvalue weighted by Gasteiger charge is 2.24. The minimum absolute atomic E-state index is 0.0138. The topological polar surface area (TPSA) is 108 Å². The Kier molecular flexibility index (Phi) is 53.5. The molecule has 3 unspecified atom stereocenters. The van der Waals surface area contributed by atoms with Crippen LogP contribution >= 0.6 is 7.82 Å². The largest absolute Gasteiger partial charge is 0.756 e. The Morgan fingerprint density at radius 1 is 0.479 bits per heavy atom. The number of amides is 1. The summed E-state index contributed by atoms with van der Waals surface area (Å²) in [5.74, 6) is -0.164. The number of carbonyl (C=O) groups is 1. The first kappa shape index (κ1) is 70.2. The zero-order chi connectivity index (χ0) is 52.0. The average molecular weight is 1030 g/mol. The average Bonchev–Trinajstić information content (AvgIpc) is 3.33. The molecule has 0 aromatic rings. The number of likely N-dealkylation sites (N-methyl/N-ethyl adjacent to an activating group) is 1. The number of aliphatic hydroxyl groups is 1. The van der Waals surface area contributed by atoms with Gasteiger partial charge >= 0.3 is 0 Å². The number of quaternary nitrogens is 1. The van der Waals surface area contributed by atoms with E-state index in [0.717, 1.165) is 38.5 Å². The van der Waals surface area contributed by atoms with E-state index in [1.807, 2.05) is 21.1 Å². The van der Waals surface area contributed by atoms with E-state index < -0.39 is 20.0 Å². The second kappa shape index (κ2) is 54.0. The minimum Gasteiger partial charge on any atom is -0.756 e. The van der Waals surface area contributed by atoms with Gasteiger partial charge in [-0.1, -0.05) is 296 Å². The number of unbranched alkanes of at least 4 members (excludes halogenated alkanes) is 44. The number of rotatable bonds is 59. The predicted octanol–water partition coefficient (Wildman–Crippen LogP) is 18.8. The van der Waals surface area contributed by atoms with E-state index in [9.17, 15) is 19.4 Å². The Balaban J connectivity index is 4.00. The maximum atomic E-state index is 13.0. The van der Waals surface area contributed by atoms with Crippen molar-refractivity contribution in [2.45, 2.75) is 341 Å². The van der Waals surface area contributed by atoms with E-state index in [4.69, 9.17) is 9.05 Å². The number of aliphatic hydroxyl groups excluding tert-OH is 1. The Bertz CT molecular complexity index is 1160. The first-order valence-electron chi connectivity index (χ1n) is 31.5. The van der Waals surface area contributed by atoms with Crippen molar-refractivity contribution >= 4 is 13.7 Å². The van der Waals surface area contributed by atoms with Gasteiger partial charge < -0.3 is 28.8 Å². The van der Waals surface area contributed by atoms with Gasteiger partial charge in [0.15, 0.2) is 0 Å². The Labute approximate surface area is 443 Å². The molecule has 424 valence electrons. The zero-order valence-electron chi connectivity index (χ0n) is 48.5. The lowest BCUT2D eigenvalue weighted by atomic mass is 10.0. The molecule has 0 aliphatic rings. The summed E-state index contributed by atoms with van der Waals surface area (Å²) < 4.78 is 23.5. The maximum Gasteiger partial charge on any atom is 0.268 e. The zero-order valence-corrected chi connectivity index (χ0v) is 49.4. The summed E-state index contributed by atoms with van der Waals surface area (Å²) in [5.41, 5.74) is 0. The molecule has 0 heterocycles. The lowest BCUT2D eigenvalue weighted by molar-refractivity contribution is -0.870. The van der Waals surface area contributed by atoms with Crippen LogP contribution < -0.4 is 10.2 Å². The molecule has 1 amide bonds. The van der Waals surface area contributed by atoms with Crippen molar-refractivity contribution in [1.29, 1.82) is 0 Å². The molecule has 3 atom stereocenters. The molecule has 0 radical (unpaired) electrons. The molecule has 0 aliphatic carbocycles. The van der Waals surface area contributed by atoms with Gasteiger partial charge in [-0.05, 0) is 38.5 Å². The van der Waals surface area contributed by atoms with Crippen LogP contribution in [0.1, 0.15) is 328 Å². The van der Waals surface area contributed by atoms with Crippen LogP contribution in [0.15, 0.2) is 12.2 Å². The van der Waals surface area contributed by atoms with Crippen molar-refractivity contribution in [1.82, 2.24) is 5.32 Å². The smallest absolute Gasteiger partial charge is 0.268 e. The first-order chi connectivity index (χ1) is 34.5. The van der Waals surface area contributed by atoms with Gasteiger partial charge in [0.2, 0.25) is 5.91 Å². The molecule has 0 fully saturated rings. The van der Waals surface area contributed by atoms with Crippen LogP contribution in [0, 0.1) is 0 Å². The summed E-state index contributed by atoms with van der Waals surface area (Å²) in [6.45, 7) is 4.76. The molecule has 2 N–H and O–H groups in total. The molecule has 0 spiro atoms. The van der Waals surface area contributed by atoms with Crippen LogP contribution in [-0.2, 0) is 18.4 Å². The van der Waals surface area contributed by atoms with Gasteiger partial charge in [0.1, 0.15) is 13.2 Å². The highest BCUT2D eigenvalue weighted by molar-refractivity contribution is 7.45. The molecule has 71 heavy (non-hydrogen) atoms. The number of carbonyl (C=O) groups excluding carboxylic acids is 1. The monoisotopic (exact) mass is 1020 g/mol. The van der Waals surface area contributed by atoms with Crippen LogP contribution in [-0.4, -0.2) is 68.5 Å². The Morgan fingerprint density at radius 2 is 0.775 bits per heavy atom. The quantitative estimate of drug-likeness (QED) is 0.0272. The van der Waals surface area contributed by atoms with Crippen molar-refractivity contribution in [2.24, 2.45) is 0 Å². The van der Waals surface area contributed by atoms with Crippen molar-refractivity contribution in [2.75, 3.05) is 40.9 Å². The number of phosphoric ester groups is 1. The number of phosphoric acid groups is 1. The third-order valence-electron chi connectivity index (χ3n) is 14.8. The summed E-state index contributed by atoms with van der Waals surface area (Å²) in [4.78, 5) is 25.5. The summed E-state index contributed by atoms with van der Waals surface area (Å²) in [7, 11) is 1.32. The van der Waals surface area contributed by atoms with Gasteiger partial charge in [0, 0.05) is 6.42 Å². The fourth-order valence-corrected chi connectivity index (χ4v) is 10.5. The van der Waals surface area contributed by atoms with Crippen LogP contribution in [0.3, 0.4) is 0 Å². The van der Waals surface area contributed by atoms with Crippen molar-refractivity contribution in [3.8, 4) is 0 Å². The van der Waals surface area contributed by atoms with Gasteiger partial charge in [-0.25, -0.2) is 0 Å². The second-order valence-corrected chi connectivity index (χ2v) is 24.5. The highest BCUT2D eigenvalue weighted by atomic mass is 31.2. The molecule has 9 heteroatoms. The summed E-state index contributed by atoms with van der Waals surface area (Å²) >= 11 is 0. The number of hydrogen-bond acceptors (Lipinski definition) is 6. The fraction of sp³-hybridized carbons (Fsp3) is 0.952. The standard InChI is InChI=1S/C62H125N2O6P/c1-6-8-10-12-14-16-18-20-22-24-25-26-27-28-29-30-31-32-33-34-35-36-37-38-40-41-43-45-47-49-51-53-55-61(65)60(59-70-71(67,68)69-58-57-64(3,4)5)63-62(66)56-54-52-50-48-46-44-42-39-23-21-19-17-15-13-11-9-7-2/h21,23,60-61,65H,6-20,22,24-59H2,1-5H3,(H-,63,66,67,68)/b23-21-. The van der Waals surface area contributed by atoms with Crippen molar-refractivity contribution in [3.05, 3.63) is 12.2 Å². The first-order valence-corrected chi connectivity index (χ1v) is 33.0. The van der Waals surface area contributed by atoms with Crippen LogP contribution in [0.4, 0.5) is 0 Å². The van der Waals surface area contributed by atoms with E-state index in [1.165, 1.54) is 263 Å². The van der Waals surface area contributed by atoms with Crippen LogP contribution in [0.25, 0.3) is 0 Å². The lowest BCUT2D eigenvalue weighted by Gasteiger charge is -2.30. The van der Waals surface area contributed by atoms with Crippen LogP contribution in [0.2, 0.25) is 0 Å². The SMILES string of the molecule is CCCCCCCC/C=C\CCCCCCCCCC(=O)NC(COP(=O)([O-])OCC[N+](C)(C)C)C(O)CCCCCCCCCCCCCCCCCCCCCCCCCCCCCCCCCC. The molecule has 0 saturated heterocycles. The van der Waals surface area contributed by atoms with Gasteiger partial charge in [-0.15, -0.1) is 0 Å². The third-order valence-corrected chi connectivity index (χ3v) is 15.7. The van der Waals surface area contributed by atoms with E-state index in [-0.39, 0.29) is 19.1 Å². The molecule has 0 aromatic carbocycles. The Hall–Kier alpha value is -0.760. The summed E-state index contributed by atoms with van der Waals surface area (Å²) in [5, 5.41) is 14.0. The van der Waals surface area contributed by atoms with Crippen LogP contribution in [0.5, 0.6) is 0 Å². The molecule has 0 saturated carbocycles. The van der Waals surface area contributed by atoms with Crippen molar-refractivity contribution in [3.63, 3.8) is 0 Å². The van der Waals surface area contributed by atoms with Gasteiger partial charge in [-0.2, -0.15) is 0 Å². The number of nitrogens with zero attached hydrogens (tertiary/aromatic N) is 1. The summed E-state index contributed by atoms with van der Waals surface area (Å²) in [6.07, 6.45) is 67.0. The molecular weight excluding hydrogens is 900 g/mol. The van der Waals surface area contributed by atoms with Gasteiger partial charge in [0.25, 0.3) is 7.82 Å². The van der Waals surface area contributed by atoms with E-state index in [2.05, 4.69) is 31.3 Å². The lowest BCUT2D eigenvalue weighted by Crippen LogP contribution is -2.46. The molecule has 8 nitrogen and oxygen atoms in total. The molecule has 0 bridgehead atoms. The number of nitrogens with one attached hydrogen (secondary N) is 1. The maximum absolute atomic E-state index is 13.0. The normalized spacial score (nSPS) is 13.8. The predicted molar refractivity (Wildman–Crippen MR) is 307 cm³/mol. The Morgan fingerprint density at radius 3 is 1.10 bits per heavy atom. The van der Waals surface area contributed by atoms with Gasteiger partial charge in [-0.3, -0.25) is 9.36 Å². The van der Waals surface area contributed by atoms with Gasteiger partial charge in [0.05, 0.1) is 39.9 Å². The minimum atomic E-state index is -4.57. The van der Waals surface area contributed by atoms with Crippen molar-refractivity contribution < 1.29 is 32.9 Å². The number of allylic oxidation sites excluding steroid dienone is 2. The van der Waals surface area contributed by atoms with E-state index in [0.29, 0.717) is 23.9 Å². The highest BCUT2D eigenvalue weighted by Crippen LogP contribution is 2.38. The third kappa shape index (κ3) is 56.8. The molecule has 0 aliphatic heterocycles.